The molecule has 3 rings (SSSR count). The van der Waals surface area contributed by atoms with Crippen LogP contribution < -0.4 is 20.5 Å². The molecule has 0 saturated heterocycles. The lowest BCUT2D eigenvalue weighted by atomic mass is 10.2. The van der Waals surface area contributed by atoms with Crippen molar-refractivity contribution in [3.63, 3.8) is 0 Å². The standard InChI is InChI=1S/C22H24N4O2.HI/c1-17-6-5-7-19(14-17)26-22(23)25-16-18-10-11-21(24-15-18)28-13-12-27-20-8-3-2-4-9-20;/h2-11,14-15H,12-13,16H2,1H3,(H3,23,25,26);1H. The van der Waals surface area contributed by atoms with E-state index < -0.39 is 0 Å². The average molecular weight is 504 g/mol. The van der Waals surface area contributed by atoms with Gasteiger partial charge >= 0.3 is 0 Å². The maximum Gasteiger partial charge on any atom is 0.213 e. The molecule has 7 heteroatoms. The molecule has 6 nitrogen and oxygen atoms in total. The van der Waals surface area contributed by atoms with Crippen LogP contribution in [-0.4, -0.2) is 24.2 Å². The molecule has 0 radical (unpaired) electrons. The number of aromatic nitrogens is 1. The van der Waals surface area contributed by atoms with Gasteiger partial charge in [0, 0.05) is 18.0 Å². The molecule has 3 N–H and O–H groups in total. The van der Waals surface area contributed by atoms with Crippen molar-refractivity contribution >= 4 is 35.6 Å². The summed E-state index contributed by atoms with van der Waals surface area (Å²) in [6.07, 6.45) is 1.73. The first-order valence-electron chi connectivity index (χ1n) is 9.08. The number of aliphatic imine (C=N–C) groups is 1. The quantitative estimate of drug-likeness (QED) is 0.206. The summed E-state index contributed by atoms with van der Waals surface area (Å²) in [4.78, 5) is 8.63. The number of rotatable bonds is 8. The largest absolute Gasteiger partial charge is 0.490 e. The fourth-order valence-corrected chi connectivity index (χ4v) is 2.50. The maximum absolute atomic E-state index is 5.94. The van der Waals surface area contributed by atoms with Gasteiger partial charge in [0.1, 0.15) is 19.0 Å². The summed E-state index contributed by atoms with van der Waals surface area (Å²) in [6.45, 7) is 3.35. The van der Waals surface area contributed by atoms with Crippen LogP contribution in [0.3, 0.4) is 0 Å². The third-order valence-electron chi connectivity index (χ3n) is 3.87. The number of halogens is 1. The predicted molar refractivity (Wildman–Crippen MR) is 127 cm³/mol. The normalized spacial score (nSPS) is 10.7. The molecule has 0 aliphatic rings. The van der Waals surface area contributed by atoms with Crippen molar-refractivity contribution in [2.24, 2.45) is 10.7 Å². The molecule has 0 aliphatic carbocycles. The summed E-state index contributed by atoms with van der Waals surface area (Å²) < 4.78 is 11.2. The van der Waals surface area contributed by atoms with E-state index in [9.17, 15) is 0 Å². The van der Waals surface area contributed by atoms with E-state index in [0.717, 1.165) is 22.6 Å². The van der Waals surface area contributed by atoms with Gasteiger partial charge in [0.2, 0.25) is 5.88 Å². The van der Waals surface area contributed by atoms with Gasteiger partial charge in [-0.15, -0.1) is 24.0 Å². The Balaban J connectivity index is 0.00000300. The van der Waals surface area contributed by atoms with Crippen LogP contribution in [0.5, 0.6) is 11.6 Å². The number of nitrogens with one attached hydrogen (secondary N) is 1. The molecule has 0 fully saturated rings. The molecule has 0 spiro atoms. The molecule has 0 aliphatic heterocycles. The van der Waals surface area contributed by atoms with Gasteiger partial charge in [-0.05, 0) is 42.3 Å². The minimum Gasteiger partial charge on any atom is -0.490 e. The van der Waals surface area contributed by atoms with E-state index in [1.54, 1.807) is 6.20 Å². The number of anilines is 1. The fourth-order valence-electron chi connectivity index (χ4n) is 2.50. The number of guanidine groups is 1. The highest BCUT2D eigenvalue weighted by Gasteiger charge is 2.00. The zero-order valence-electron chi connectivity index (χ0n) is 16.2. The highest BCUT2D eigenvalue weighted by Crippen LogP contribution is 2.11. The van der Waals surface area contributed by atoms with Crippen molar-refractivity contribution in [1.82, 2.24) is 4.98 Å². The van der Waals surface area contributed by atoms with E-state index in [0.29, 0.717) is 31.6 Å². The molecule has 1 aromatic heterocycles. The van der Waals surface area contributed by atoms with Gasteiger partial charge < -0.3 is 20.5 Å². The molecule has 152 valence electrons. The van der Waals surface area contributed by atoms with E-state index in [1.807, 2.05) is 73.7 Å². The molecule has 3 aromatic rings. The van der Waals surface area contributed by atoms with Crippen molar-refractivity contribution in [3.05, 3.63) is 84.1 Å². The fraction of sp³-hybridized carbons (Fsp3) is 0.182. The van der Waals surface area contributed by atoms with Gasteiger partial charge in [-0.2, -0.15) is 0 Å². The Kier molecular flexibility index (Phi) is 9.23. The van der Waals surface area contributed by atoms with Crippen molar-refractivity contribution in [1.29, 1.82) is 0 Å². The molecule has 0 amide bonds. The first-order chi connectivity index (χ1) is 13.7. The van der Waals surface area contributed by atoms with Crippen molar-refractivity contribution < 1.29 is 9.47 Å². The molecular formula is C22H25IN4O2. The summed E-state index contributed by atoms with van der Waals surface area (Å²) in [7, 11) is 0. The molecule has 0 unspecified atom stereocenters. The Morgan fingerprint density at radius 3 is 2.52 bits per heavy atom. The van der Waals surface area contributed by atoms with Gasteiger partial charge in [0.25, 0.3) is 0 Å². The maximum atomic E-state index is 5.94. The predicted octanol–water partition coefficient (Wildman–Crippen LogP) is 4.39. The van der Waals surface area contributed by atoms with E-state index >= 15 is 0 Å². The Morgan fingerprint density at radius 2 is 1.79 bits per heavy atom. The van der Waals surface area contributed by atoms with Crippen LogP contribution in [0.2, 0.25) is 0 Å². The number of para-hydroxylation sites is 1. The van der Waals surface area contributed by atoms with Crippen LogP contribution in [0.4, 0.5) is 5.69 Å². The number of benzene rings is 2. The second-order valence-corrected chi connectivity index (χ2v) is 6.21. The highest BCUT2D eigenvalue weighted by atomic mass is 127. The van der Waals surface area contributed by atoms with E-state index in [4.69, 9.17) is 15.2 Å². The second-order valence-electron chi connectivity index (χ2n) is 6.21. The van der Waals surface area contributed by atoms with Crippen molar-refractivity contribution in [2.45, 2.75) is 13.5 Å². The van der Waals surface area contributed by atoms with Crippen molar-refractivity contribution in [3.8, 4) is 11.6 Å². The molecule has 29 heavy (non-hydrogen) atoms. The first-order valence-corrected chi connectivity index (χ1v) is 9.08. The van der Waals surface area contributed by atoms with Gasteiger partial charge in [0.15, 0.2) is 5.96 Å². The first kappa shape index (κ1) is 22.5. The third kappa shape index (κ3) is 7.98. The number of hydrogen-bond donors (Lipinski definition) is 2. The highest BCUT2D eigenvalue weighted by molar-refractivity contribution is 14.0. The minimum atomic E-state index is 0. The Hall–Kier alpha value is -2.81. The molecule has 2 aromatic carbocycles. The van der Waals surface area contributed by atoms with E-state index in [-0.39, 0.29) is 24.0 Å². The number of ether oxygens (including phenoxy) is 2. The van der Waals surface area contributed by atoms with Crippen molar-refractivity contribution in [2.75, 3.05) is 18.5 Å². The van der Waals surface area contributed by atoms with Crippen LogP contribution in [-0.2, 0) is 6.54 Å². The second kappa shape index (κ2) is 11.9. The summed E-state index contributed by atoms with van der Waals surface area (Å²) in [6, 6.07) is 21.3. The van der Waals surface area contributed by atoms with Gasteiger partial charge in [0.05, 0.1) is 6.54 Å². The molecule has 0 saturated carbocycles. The van der Waals surface area contributed by atoms with Crippen LogP contribution in [0.1, 0.15) is 11.1 Å². The Labute approximate surface area is 188 Å². The lowest BCUT2D eigenvalue weighted by Crippen LogP contribution is -2.22. The summed E-state index contributed by atoms with van der Waals surface area (Å²) in [5.41, 5.74) is 8.97. The molecule has 0 bridgehead atoms. The minimum absolute atomic E-state index is 0. The smallest absolute Gasteiger partial charge is 0.213 e. The summed E-state index contributed by atoms with van der Waals surface area (Å²) in [5, 5.41) is 3.08. The van der Waals surface area contributed by atoms with Crippen LogP contribution in [0.15, 0.2) is 77.9 Å². The van der Waals surface area contributed by atoms with E-state index in [1.165, 1.54) is 0 Å². The number of hydrogen-bond acceptors (Lipinski definition) is 4. The monoisotopic (exact) mass is 504 g/mol. The van der Waals surface area contributed by atoms with Gasteiger partial charge in [-0.1, -0.05) is 36.4 Å². The van der Waals surface area contributed by atoms with Crippen LogP contribution >= 0.6 is 24.0 Å². The zero-order valence-corrected chi connectivity index (χ0v) is 18.6. The Morgan fingerprint density at radius 1 is 1.00 bits per heavy atom. The molecule has 1 heterocycles. The van der Waals surface area contributed by atoms with E-state index in [2.05, 4.69) is 15.3 Å². The molecule has 0 atom stereocenters. The number of pyridine rings is 1. The third-order valence-corrected chi connectivity index (χ3v) is 3.87. The zero-order chi connectivity index (χ0) is 19.6. The van der Waals surface area contributed by atoms with Crippen LogP contribution in [0, 0.1) is 6.92 Å². The Bertz CT molecular complexity index is 902. The lowest BCUT2D eigenvalue weighted by molar-refractivity contribution is 0.212. The number of nitrogens with two attached hydrogens (primary N) is 1. The number of aryl methyl sites for hydroxylation is 1. The summed E-state index contributed by atoms with van der Waals surface area (Å²) >= 11 is 0. The lowest BCUT2D eigenvalue weighted by Gasteiger charge is -2.08. The molecular weight excluding hydrogens is 479 g/mol. The SMILES string of the molecule is Cc1cccc(NC(N)=NCc2ccc(OCCOc3ccccc3)nc2)c1.I. The summed E-state index contributed by atoms with van der Waals surface area (Å²) in [5.74, 6) is 1.74. The number of nitrogens with zero attached hydrogens (tertiary/aromatic N) is 2. The van der Waals surface area contributed by atoms with Gasteiger partial charge in [-0.25, -0.2) is 9.98 Å². The van der Waals surface area contributed by atoms with Crippen LogP contribution in [0.25, 0.3) is 0 Å². The van der Waals surface area contributed by atoms with Gasteiger partial charge in [-0.3, -0.25) is 0 Å². The topological polar surface area (TPSA) is 81.8 Å². The average Bonchev–Trinajstić information content (AvgIpc) is 2.71.